The van der Waals surface area contributed by atoms with Crippen molar-refractivity contribution in [1.29, 1.82) is 0 Å². The number of allylic oxidation sites excluding steroid dienone is 2. The van der Waals surface area contributed by atoms with Crippen molar-refractivity contribution in [1.82, 2.24) is 0 Å². The van der Waals surface area contributed by atoms with E-state index in [2.05, 4.69) is 4.74 Å². The van der Waals surface area contributed by atoms with E-state index in [-0.39, 0.29) is 22.3 Å². The first-order chi connectivity index (χ1) is 21.5. The monoisotopic (exact) mass is 624 g/mol. The second-order valence-electron chi connectivity index (χ2n) is 10.2. The molecule has 0 bridgehead atoms. The number of hydrogen-bond donors (Lipinski definition) is 0. The highest BCUT2D eigenvalue weighted by Gasteiger charge is 2.41. The van der Waals surface area contributed by atoms with Gasteiger partial charge < -0.3 is 4.74 Å². The summed E-state index contributed by atoms with van der Waals surface area (Å²) >= 11 is 0. The van der Waals surface area contributed by atoms with Crippen molar-refractivity contribution in [2.75, 3.05) is 0 Å². The molecule has 230 valence electrons. The third-order valence-corrected chi connectivity index (χ3v) is 7.15. The Morgan fingerprint density at radius 1 is 0.578 bits per heavy atom. The van der Waals surface area contributed by atoms with Crippen LogP contribution in [0.4, 0.5) is 35.1 Å². The number of hydrogen-bond acceptors (Lipinski definition) is 1. The van der Waals surface area contributed by atoms with Gasteiger partial charge in [0.25, 0.3) is 0 Å². The van der Waals surface area contributed by atoms with Crippen LogP contribution < -0.4 is 4.74 Å². The standard InChI is InChI=1S/C36H24F8O/c1-2-3-4-5-21-6-8-23(9-7-21)25-17-30(38)34(31(39)18-25)36(43,44)45-27-13-10-22(11-14-27)24-12-15-28(29(37)16-24)26-19-32(40)35(42)33(41)20-26/h2-3,6-20H,4-5H2,1H3/b3-2+. The molecule has 0 saturated carbocycles. The van der Waals surface area contributed by atoms with E-state index in [1.54, 1.807) is 24.3 Å². The highest BCUT2D eigenvalue weighted by Crippen LogP contribution is 2.38. The number of rotatable bonds is 9. The van der Waals surface area contributed by atoms with Crippen LogP contribution in [-0.4, -0.2) is 0 Å². The molecule has 0 radical (unpaired) electrons. The Morgan fingerprint density at radius 3 is 1.67 bits per heavy atom. The van der Waals surface area contributed by atoms with Crippen molar-refractivity contribution < 1.29 is 39.9 Å². The normalized spacial score (nSPS) is 11.8. The van der Waals surface area contributed by atoms with Gasteiger partial charge in [0.05, 0.1) is 0 Å². The fraction of sp³-hybridized carbons (Fsp3) is 0.111. The van der Waals surface area contributed by atoms with E-state index in [0.29, 0.717) is 23.3 Å². The van der Waals surface area contributed by atoms with E-state index in [9.17, 15) is 26.3 Å². The molecular weight excluding hydrogens is 600 g/mol. The molecule has 0 spiro atoms. The number of aryl methyl sites for hydroxylation is 1. The van der Waals surface area contributed by atoms with Gasteiger partial charge in [-0.2, -0.15) is 8.78 Å². The lowest BCUT2D eigenvalue weighted by Gasteiger charge is -2.20. The maximum absolute atomic E-state index is 15.0. The minimum atomic E-state index is -4.38. The Labute approximate surface area is 254 Å². The van der Waals surface area contributed by atoms with Gasteiger partial charge in [-0.1, -0.05) is 60.7 Å². The van der Waals surface area contributed by atoms with Crippen molar-refractivity contribution in [2.45, 2.75) is 25.9 Å². The molecule has 0 amide bonds. The summed E-state index contributed by atoms with van der Waals surface area (Å²) in [6.45, 7) is 1.92. The van der Waals surface area contributed by atoms with Gasteiger partial charge in [0.2, 0.25) is 0 Å². The van der Waals surface area contributed by atoms with E-state index < -0.39 is 52.3 Å². The lowest BCUT2D eigenvalue weighted by Crippen LogP contribution is -2.25. The Balaban J connectivity index is 1.32. The molecule has 0 aromatic heterocycles. The Bertz CT molecular complexity index is 1820. The van der Waals surface area contributed by atoms with Crippen LogP contribution in [0.1, 0.15) is 24.5 Å². The molecule has 0 aliphatic carbocycles. The minimum absolute atomic E-state index is 0.0851. The van der Waals surface area contributed by atoms with Crippen molar-refractivity contribution in [3.05, 3.63) is 149 Å². The lowest BCUT2D eigenvalue weighted by molar-refractivity contribution is -0.189. The lowest BCUT2D eigenvalue weighted by atomic mass is 9.99. The van der Waals surface area contributed by atoms with Gasteiger partial charge in [-0.3, -0.25) is 0 Å². The summed E-state index contributed by atoms with van der Waals surface area (Å²) in [5, 5.41) is 0. The molecule has 9 heteroatoms. The summed E-state index contributed by atoms with van der Waals surface area (Å²) in [5.74, 6) is -8.90. The second-order valence-corrected chi connectivity index (χ2v) is 10.2. The van der Waals surface area contributed by atoms with Gasteiger partial charge in [0, 0.05) is 5.56 Å². The molecule has 0 aliphatic rings. The maximum atomic E-state index is 15.0. The summed E-state index contributed by atoms with van der Waals surface area (Å²) < 4.78 is 120. The highest BCUT2D eigenvalue weighted by atomic mass is 19.3. The largest absolute Gasteiger partial charge is 0.432 e. The van der Waals surface area contributed by atoms with Crippen molar-refractivity contribution >= 4 is 0 Å². The summed E-state index contributed by atoms with van der Waals surface area (Å²) in [5.41, 5.74) is 0.215. The number of halogens is 8. The summed E-state index contributed by atoms with van der Waals surface area (Å²) in [7, 11) is 0. The Kier molecular flexibility index (Phi) is 9.09. The van der Waals surface area contributed by atoms with Crippen LogP contribution in [0.15, 0.2) is 103 Å². The molecule has 5 aromatic carbocycles. The topological polar surface area (TPSA) is 9.23 Å². The van der Waals surface area contributed by atoms with E-state index in [0.717, 1.165) is 48.7 Å². The van der Waals surface area contributed by atoms with Crippen LogP contribution in [0.3, 0.4) is 0 Å². The van der Waals surface area contributed by atoms with Crippen LogP contribution in [0.5, 0.6) is 5.75 Å². The summed E-state index contributed by atoms with van der Waals surface area (Å²) in [6.07, 6.45) is 1.19. The third-order valence-electron chi connectivity index (χ3n) is 7.15. The maximum Gasteiger partial charge on any atom is 0.432 e. The van der Waals surface area contributed by atoms with Gasteiger partial charge >= 0.3 is 6.11 Å². The molecular formula is C36H24F8O. The Morgan fingerprint density at radius 2 is 1.09 bits per heavy atom. The fourth-order valence-electron chi connectivity index (χ4n) is 4.85. The molecule has 45 heavy (non-hydrogen) atoms. The van der Waals surface area contributed by atoms with Crippen LogP contribution >= 0.6 is 0 Å². The molecule has 0 aliphatic heterocycles. The van der Waals surface area contributed by atoms with Crippen molar-refractivity contribution in [2.24, 2.45) is 0 Å². The zero-order valence-corrected chi connectivity index (χ0v) is 23.7. The summed E-state index contributed by atoms with van der Waals surface area (Å²) in [6, 6.07) is 18.4. The molecule has 0 unspecified atom stereocenters. The minimum Gasteiger partial charge on any atom is -0.429 e. The van der Waals surface area contributed by atoms with Gasteiger partial charge in [-0.15, -0.1) is 0 Å². The average Bonchev–Trinajstić information content (AvgIpc) is 2.99. The first-order valence-electron chi connectivity index (χ1n) is 13.8. The fourth-order valence-corrected chi connectivity index (χ4v) is 4.85. The van der Waals surface area contributed by atoms with Crippen molar-refractivity contribution in [3.8, 4) is 39.1 Å². The molecule has 0 atom stereocenters. The van der Waals surface area contributed by atoms with Crippen LogP contribution in [0.2, 0.25) is 0 Å². The quantitative estimate of drug-likeness (QED) is 0.0901. The van der Waals surface area contributed by atoms with Crippen LogP contribution in [0, 0.1) is 34.9 Å². The molecule has 0 fully saturated rings. The van der Waals surface area contributed by atoms with Crippen molar-refractivity contribution in [3.63, 3.8) is 0 Å². The van der Waals surface area contributed by atoms with Gasteiger partial charge in [-0.05, 0) is 95.6 Å². The zero-order valence-electron chi connectivity index (χ0n) is 23.7. The predicted octanol–water partition coefficient (Wildman–Crippen LogP) is 11.2. The van der Waals surface area contributed by atoms with Gasteiger partial charge in [0.1, 0.15) is 28.8 Å². The predicted molar refractivity (Wildman–Crippen MR) is 157 cm³/mol. The van der Waals surface area contributed by atoms with E-state index in [1.807, 2.05) is 19.1 Å². The van der Waals surface area contributed by atoms with E-state index in [4.69, 9.17) is 0 Å². The van der Waals surface area contributed by atoms with E-state index in [1.165, 1.54) is 24.3 Å². The zero-order chi connectivity index (χ0) is 32.3. The molecule has 0 heterocycles. The van der Waals surface area contributed by atoms with Crippen LogP contribution in [-0.2, 0) is 12.5 Å². The van der Waals surface area contributed by atoms with Gasteiger partial charge in [-0.25, -0.2) is 26.3 Å². The van der Waals surface area contributed by atoms with E-state index >= 15 is 8.78 Å². The molecule has 0 saturated heterocycles. The SMILES string of the molecule is C/C=C/CCc1ccc(-c2cc(F)c(C(F)(F)Oc3ccc(-c4ccc(-c5cc(F)c(F)c(F)c5)c(F)c4)cc3)c(F)c2)cc1. The number of alkyl halides is 2. The molecule has 5 rings (SSSR count). The Hall–Kier alpha value is -4.92. The average molecular weight is 625 g/mol. The first-order valence-corrected chi connectivity index (χ1v) is 13.8. The molecule has 1 nitrogen and oxygen atoms in total. The third kappa shape index (κ3) is 6.93. The second kappa shape index (κ2) is 13.0. The van der Waals surface area contributed by atoms with Crippen LogP contribution in [0.25, 0.3) is 33.4 Å². The summed E-state index contributed by atoms with van der Waals surface area (Å²) in [4.78, 5) is 0. The number of ether oxygens (including phenoxy) is 1. The molecule has 0 N–H and O–H groups in total. The first kappa shape index (κ1) is 31.5. The number of benzene rings is 5. The molecule has 5 aromatic rings. The highest BCUT2D eigenvalue weighted by molar-refractivity contribution is 5.71. The van der Waals surface area contributed by atoms with Gasteiger partial charge in [0.15, 0.2) is 17.5 Å². The smallest absolute Gasteiger partial charge is 0.429 e.